The van der Waals surface area contributed by atoms with Crippen LogP contribution < -0.4 is 4.90 Å². The quantitative estimate of drug-likeness (QED) is 0.817. The molecule has 1 aliphatic heterocycles. The lowest BCUT2D eigenvalue weighted by molar-refractivity contribution is 0.0226. The highest BCUT2D eigenvalue weighted by Crippen LogP contribution is 2.32. The molecule has 1 atom stereocenters. The molecule has 1 aliphatic rings. The maximum atomic E-state index is 12.5. The third-order valence-electron chi connectivity index (χ3n) is 3.56. The minimum absolute atomic E-state index is 0.239. The second-order valence-corrected chi connectivity index (χ2v) is 6.69. The molecule has 1 heterocycles. The van der Waals surface area contributed by atoms with Crippen molar-refractivity contribution < 1.29 is 14.3 Å². The summed E-state index contributed by atoms with van der Waals surface area (Å²) in [6.07, 6.45) is 1.18. The molecule has 0 saturated carbocycles. The van der Waals surface area contributed by atoms with Crippen molar-refractivity contribution in [3.63, 3.8) is 0 Å². The zero-order valence-electron chi connectivity index (χ0n) is 14.0. The summed E-state index contributed by atoms with van der Waals surface area (Å²) in [6, 6.07) is 7.99. The standard InChI is InChI=1S/C18H27NO3/c1-13(2)11-21-17-10-9-15-7-5-6-8-16(15)19(17)18(20)22-12-14(3)4/h5-8,13-14,17H,9-12H2,1-4H3. The van der Waals surface area contributed by atoms with Crippen LogP contribution in [0.4, 0.5) is 10.5 Å². The molecule has 4 nitrogen and oxygen atoms in total. The van der Waals surface area contributed by atoms with Crippen molar-refractivity contribution in [1.29, 1.82) is 0 Å². The first-order valence-corrected chi connectivity index (χ1v) is 8.14. The number of para-hydroxylation sites is 1. The van der Waals surface area contributed by atoms with Crippen molar-refractivity contribution in [3.05, 3.63) is 29.8 Å². The zero-order chi connectivity index (χ0) is 16.1. The first-order chi connectivity index (χ1) is 10.5. The van der Waals surface area contributed by atoms with Gasteiger partial charge in [-0.25, -0.2) is 4.79 Å². The maximum absolute atomic E-state index is 12.5. The maximum Gasteiger partial charge on any atom is 0.416 e. The zero-order valence-corrected chi connectivity index (χ0v) is 14.0. The van der Waals surface area contributed by atoms with Crippen LogP contribution in [-0.4, -0.2) is 25.5 Å². The Morgan fingerprint density at radius 3 is 2.55 bits per heavy atom. The summed E-state index contributed by atoms with van der Waals surface area (Å²) < 4.78 is 11.4. The molecule has 122 valence electrons. The lowest BCUT2D eigenvalue weighted by Crippen LogP contribution is -2.46. The Kier molecular flexibility index (Phi) is 5.83. The average molecular weight is 305 g/mol. The molecule has 0 bridgehead atoms. The van der Waals surface area contributed by atoms with Crippen LogP contribution in [0.1, 0.15) is 39.7 Å². The molecule has 0 N–H and O–H groups in total. The SMILES string of the molecule is CC(C)COC(=O)N1c2ccccc2CCC1OCC(C)C. The Bertz CT molecular complexity index is 499. The van der Waals surface area contributed by atoms with Gasteiger partial charge in [-0.1, -0.05) is 45.9 Å². The van der Waals surface area contributed by atoms with Gasteiger partial charge in [0.2, 0.25) is 0 Å². The molecule has 0 saturated heterocycles. The predicted molar refractivity (Wildman–Crippen MR) is 88.0 cm³/mol. The lowest BCUT2D eigenvalue weighted by Gasteiger charge is -2.36. The van der Waals surface area contributed by atoms with E-state index in [1.807, 2.05) is 32.0 Å². The van der Waals surface area contributed by atoms with E-state index in [4.69, 9.17) is 9.47 Å². The molecule has 0 aliphatic carbocycles. The number of hydrogen-bond donors (Lipinski definition) is 0. The molecule has 0 spiro atoms. The molecular weight excluding hydrogens is 278 g/mol. The van der Waals surface area contributed by atoms with Crippen LogP contribution in [0.2, 0.25) is 0 Å². The van der Waals surface area contributed by atoms with Crippen molar-refractivity contribution in [1.82, 2.24) is 0 Å². The van der Waals surface area contributed by atoms with Crippen LogP contribution in [0.15, 0.2) is 24.3 Å². The predicted octanol–water partition coefficient (Wildman–Crippen LogP) is 4.23. The molecule has 22 heavy (non-hydrogen) atoms. The van der Waals surface area contributed by atoms with Gasteiger partial charge in [0.05, 0.1) is 18.9 Å². The van der Waals surface area contributed by atoms with Gasteiger partial charge in [0.1, 0.15) is 6.23 Å². The highest BCUT2D eigenvalue weighted by Gasteiger charge is 2.32. The number of rotatable bonds is 5. The van der Waals surface area contributed by atoms with Crippen LogP contribution in [0.3, 0.4) is 0 Å². The van der Waals surface area contributed by atoms with Crippen LogP contribution in [-0.2, 0) is 15.9 Å². The Labute approximate surface area is 133 Å². The van der Waals surface area contributed by atoms with Gasteiger partial charge >= 0.3 is 6.09 Å². The molecular formula is C18H27NO3. The molecule has 1 amide bonds. The van der Waals surface area contributed by atoms with E-state index in [0.29, 0.717) is 25.0 Å². The summed E-state index contributed by atoms with van der Waals surface area (Å²) in [5, 5.41) is 0. The topological polar surface area (TPSA) is 38.8 Å². The van der Waals surface area contributed by atoms with Crippen molar-refractivity contribution in [2.45, 2.75) is 46.8 Å². The Morgan fingerprint density at radius 2 is 1.86 bits per heavy atom. The van der Waals surface area contributed by atoms with E-state index in [1.54, 1.807) is 4.90 Å². The Morgan fingerprint density at radius 1 is 1.18 bits per heavy atom. The van der Waals surface area contributed by atoms with Gasteiger partial charge < -0.3 is 9.47 Å². The monoisotopic (exact) mass is 305 g/mol. The second-order valence-electron chi connectivity index (χ2n) is 6.69. The highest BCUT2D eigenvalue weighted by atomic mass is 16.6. The minimum atomic E-state index is -0.311. The van der Waals surface area contributed by atoms with Crippen LogP contribution in [0, 0.1) is 11.8 Å². The van der Waals surface area contributed by atoms with E-state index in [0.717, 1.165) is 18.5 Å². The fraction of sp³-hybridized carbons (Fsp3) is 0.611. The molecule has 0 radical (unpaired) electrons. The summed E-state index contributed by atoms with van der Waals surface area (Å²) in [7, 11) is 0. The van der Waals surface area contributed by atoms with Crippen LogP contribution in [0.25, 0.3) is 0 Å². The third-order valence-corrected chi connectivity index (χ3v) is 3.56. The van der Waals surface area contributed by atoms with Crippen LogP contribution >= 0.6 is 0 Å². The van der Waals surface area contributed by atoms with E-state index < -0.39 is 0 Å². The third kappa shape index (κ3) is 4.23. The lowest BCUT2D eigenvalue weighted by atomic mass is 10.0. The first kappa shape index (κ1) is 16.8. The van der Waals surface area contributed by atoms with E-state index in [-0.39, 0.29) is 12.3 Å². The van der Waals surface area contributed by atoms with Gasteiger partial charge in [-0.2, -0.15) is 0 Å². The Hall–Kier alpha value is -1.55. The minimum Gasteiger partial charge on any atom is -0.449 e. The number of carbonyl (C=O) groups is 1. The van der Waals surface area contributed by atoms with Gasteiger partial charge in [0.15, 0.2) is 0 Å². The van der Waals surface area contributed by atoms with Gasteiger partial charge in [0, 0.05) is 0 Å². The molecule has 2 rings (SSSR count). The smallest absolute Gasteiger partial charge is 0.416 e. The van der Waals surface area contributed by atoms with E-state index in [1.165, 1.54) is 5.56 Å². The fourth-order valence-electron chi connectivity index (χ4n) is 2.51. The number of anilines is 1. The fourth-order valence-corrected chi connectivity index (χ4v) is 2.51. The summed E-state index contributed by atoms with van der Waals surface area (Å²) >= 11 is 0. The summed E-state index contributed by atoms with van der Waals surface area (Å²) in [5.74, 6) is 0.754. The molecule has 0 aromatic heterocycles. The van der Waals surface area contributed by atoms with E-state index in [9.17, 15) is 4.79 Å². The van der Waals surface area contributed by atoms with Crippen molar-refractivity contribution in [3.8, 4) is 0 Å². The van der Waals surface area contributed by atoms with Crippen LogP contribution in [0.5, 0.6) is 0 Å². The number of nitrogens with zero attached hydrogens (tertiary/aromatic N) is 1. The van der Waals surface area contributed by atoms with E-state index in [2.05, 4.69) is 19.9 Å². The van der Waals surface area contributed by atoms with E-state index >= 15 is 0 Å². The molecule has 4 heteroatoms. The molecule has 1 unspecified atom stereocenters. The van der Waals surface area contributed by atoms with Gasteiger partial charge in [-0.15, -0.1) is 0 Å². The average Bonchev–Trinajstić information content (AvgIpc) is 2.49. The van der Waals surface area contributed by atoms with Crippen molar-refractivity contribution in [2.24, 2.45) is 11.8 Å². The summed E-state index contributed by atoms with van der Waals surface area (Å²) in [6.45, 7) is 9.35. The van der Waals surface area contributed by atoms with Gasteiger partial charge in [0.25, 0.3) is 0 Å². The number of fused-ring (bicyclic) bond motifs is 1. The number of benzene rings is 1. The summed E-state index contributed by atoms with van der Waals surface area (Å²) in [5.41, 5.74) is 2.09. The molecule has 1 aromatic carbocycles. The number of amides is 1. The van der Waals surface area contributed by atoms with Crippen molar-refractivity contribution >= 4 is 11.8 Å². The first-order valence-electron chi connectivity index (χ1n) is 8.14. The highest BCUT2D eigenvalue weighted by molar-refractivity contribution is 5.89. The number of ether oxygens (including phenoxy) is 2. The van der Waals surface area contributed by atoms with Crippen molar-refractivity contribution in [2.75, 3.05) is 18.1 Å². The summed E-state index contributed by atoms with van der Waals surface area (Å²) in [4.78, 5) is 14.2. The second kappa shape index (κ2) is 7.63. The number of carbonyl (C=O) groups excluding carboxylic acids is 1. The van der Waals surface area contributed by atoms with Gasteiger partial charge in [-0.3, -0.25) is 4.90 Å². The Balaban J connectivity index is 2.18. The largest absolute Gasteiger partial charge is 0.449 e. The van der Waals surface area contributed by atoms with Gasteiger partial charge in [-0.05, 0) is 36.3 Å². The molecule has 0 fully saturated rings. The normalized spacial score (nSPS) is 17.7. The number of hydrogen-bond acceptors (Lipinski definition) is 3. The molecule has 1 aromatic rings. The number of aryl methyl sites for hydroxylation is 1.